The molecule has 3 rings (SSSR count). The first-order chi connectivity index (χ1) is 13.3. The fourth-order valence-electron chi connectivity index (χ4n) is 2.93. The molecule has 0 aliphatic carbocycles. The second-order valence-electron chi connectivity index (χ2n) is 6.54. The largest absolute Gasteiger partial charge is 0.336 e. The van der Waals surface area contributed by atoms with Crippen molar-refractivity contribution in [1.29, 1.82) is 0 Å². The van der Waals surface area contributed by atoms with Crippen LogP contribution in [-0.4, -0.2) is 63.9 Å². The van der Waals surface area contributed by atoms with Crippen molar-refractivity contribution in [3.63, 3.8) is 0 Å². The molecule has 2 N–H and O–H groups in total. The van der Waals surface area contributed by atoms with Gasteiger partial charge < -0.3 is 14.8 Å². The van der Waals surface area contributed by atoms with Crippen molar-refractivity contribution in [2.45, 2.75) is 0 Å². The van der Waals surface area contributed by atoms with Gasteiger partial charge in [0.15, 0.2) is 0 Å². The van der Waals surface area contributed by atoms with Crippen molar-refractivity contribution in [2.24, 2.45) is 7.05 Å². The van der Waals surface area contributed by atoms with Crippen molar-refractivity contribution >= 4 is 17.5 Å². The Balaban J connectivity index is 1.54. The summed E-state index contributed by atoms with van der Waals surface area (Å²) in [5.74, 6) is -1.07. The minimum atomic E-state index is -0.714. The van der Waals surface area contributed by atoms with Crippen LogP contribution in [0.15, 0.2) is 40.1 Å². The predicted molar refractivity (Wildman–Crippen MR) is 99.7 cm³/mol. The second-order valence-corrected chi connectivity index (χ2v) is 6.54. The Morgan fingerprint density at radius 2 is 1.75 bits per heavy atom. The molecule has 0 saturated carbocycles. The summed E-state index contributed by atoms with van der Waals surface area (Å²) in [6, 6.07) is 5.49. The van der Waals surface area contributed by atoms with E-state index < -0.39 is 17.2 Å². The summed E-state index contributed by atoms with van der Waals surface area (Å²) >= 11 is 0. The molecular weight excluding hydrogens is 369 g/mol. The van der Waals surface area contributed by atoms with Crippen LogP contribution in [0, 0.1) is 5.82 Å². The number of H-pyrrole nitrogens is 1. The first-order valence-corrected chi connectivity index (χ1v) is 8.70. The highest BCUT2D eigenvalue weighted by Gasteiger charge is 2.25. The molecule has 2 heterocycles. The number of anilines is 1. The van der Waals surface area contributed by atoms with E-state index in [-0.39, 0.29) is 23.8 Å². The number of hydrogen-bond donors (Lipinski definition) is 2. The monoisotopic (exact) mass is 389 g/mol. The molecule has 0 radical (unpaired) electrons. The van der Waals surface area contributed by atoms with Crippen LogP contribution in [-0.2, 0) is 11.8 Å². The SMILES string of the molecule is Cn1cc(C(=O)N2CCN(CC(=O)Nc3ccc(F)cc3)CC2)c(=O)[nH]c1=O. The molecule has 0 spiro atoms. The summed E-state index contributed by atoms with van der Waals surface area (Å²) in [6.07, 6.45) is 1.23. The van der Waals surface area contributed by atoms with Crippen LogP contribution in [0.25, 0.3) is 0 Å². The van der Waals surface area contributed by atoms with E-state index >= 15 is 0 Å². The summed E-state index contributed by atoms with van der Waals surface area (Å²) in [5, 5.41) is 2.69. The van der Waals surface area contributed by atoms with Gasteiger partial charge in [0, 0.05) is 45.1 Å². The fraction of sp³-hybridized carbons (Fsp3) is 0.333. The summed E-state index contributed by atoms with van der Waals surface area (Å²) in [6.45, 7) is 1.77. The topological polar surface area (TPSA) is 108 Å². The van der Waals surface area contributed by atoms with Crippen molar-refractivity contribution in [3.8, 4) is 0 Å². The van der Waals surface area contributed by atoms with Gasteiger partial charge in [0.25, 0.3) is 11.5 Å². The molecule has 10 heteroatoms. The van der Waals surface area contributed by atoms with Crippen molar-refractivity contribution in [2.75, 3.05) is 38.0 Å². The van der Waals surface area contributed by atoms with Gasteiger partial charge in [-0.3, -0.25) is 24.3 Å². The first kappa shape index (κ1) is 19.5. The molecular formula is C18H20FN5O4. The van der Waals surface area contributed by atoms with E-state index in [1.54, 1.807) is 0 Å². The maximum absolute atomic E-state index is 12.9. The van der Waals surface area contributed by atoms with Crippen molar-refractivity contribution in [1.82, 2.24) is 19.4 Å². The van der Waals surface area contributed by atoms with E-state index in [0.29, 0.717) is 31.9 Å². The highest BCUT2D eigenvalue weighted by atomic mass is 19.1. The van der Waals surface area contributed by atoms with Gasteiger partial charge in [0.2, 0.25) is 5.91 Å². The third-order valence-corrected chi connectivity index (χ3v) is 4.49. The Labute approximate surface area is 159 Å². The average Bonchev–Trinajstić information content (AvgIpc) is 2.66. The number of carbonyl (C=O) groups excluding carboxylic acids is 2. The van der Waals surface area contributed by atoms with Gasteiger partial charge in [-0.15, -0.1) is 0 Å². The van der Waals surface area contributed by atoms with Crippen LogP contribution in [0.1, 0.15) is 10.4 Å². The lowest BCUT2D eigenvalue weighted by Crippen LogP contribution is -2.51. The second kappa shape index (κ2) is 8.17. The number of carbonyl (C=O) groups is 2. The zero-order valence-corrected chi connectivity index (χ0v) is 15.3. The smallest absolute Gasteiger partial charge is 0.328 e. The van der Waals surface area contributed by atoms with Crippen LogP contribution in [0.2, 0.25) is 0 Å². The van der Waals surface area contributed by atoms with Crippen molar-refractivity contribution in [3.05, 3.63) is 62.7 Å². The Hall–Kier alpha value is -3.27. The maximum atomic E-state index is 12.9. The maximum Gasteiger partial charge on any atom is 0.328 e. The van der Waals surface area contributed by atoms with Gasteiger partial charge in [-0.1, -0.05) is 0 Å². The summed E-state index contributed by atoms with van der Waals surface area (Å²) < 4.78 is 14.0. The summed E-state index contributed by atoms with van der Waals surface area (Å²) in [7, 11) is 1.45. The van der Waals surface area contributed by atoms with Crippen LogP contribution >= 0.6 is 0 Å². The average molecular weight is 389 g/mol. The number of benzene rings is 1. The van der Waals surface area contributed by atoms with Gasteiger partial charge in [0.1, 0.15) is 11.4 Å². The van der Waals surface area contributed by atoms with Gasteiger partial charge in [-0.2, -0.15) is 0 Å². The van der Waals surface area contributed by atoms with E-state index in [2.05, 4.69) is 10.3 Å². The van der Waals surface area contributed by atoms with Crippen LogP contribution in [0.5, 0.6) is 0 Å². The van der Waals surface area contributed by atoms with Gasteiger partial charge >= 0.3 is 5.69 Å². The highest BCUT2D eigenvalue weighted by molar-refractivity contribution is 5.94. The molecule has 1 aromatic carbocycles. The third kappa shape index (κ3) is 4.52. The molecule has 1 aromatic heterocycles. The number of piperazine rings is 1. The third-order valence-electron chi connectivity index (χ3n) is 4.49. The fourth-order valence-corrected chi connectivity index (χ4v) is 2.93. The summed E-state index contributed by atoms with van der Waals surface area (Å²) in [4.78, 5) is 53.4. The van der Waals surface area contributed by atoms with Crippen LogP contribution < -0.4 is 16.6 Å². The number of rotatable bonds is 4. The molecule has 2 aromatic rings. The zero-order chi connectivity index (χ0) is 20.3. The quantitative estimate of drug-likeness (QED) is 0.741. The van der Waals surface area contributed by atoms with Gasteiger partial charge in [-0.25, -0.2) is 9.18 Å². The Morgan fingerprint density at radius 3 is 2.39 bits per heavy atom. The lowest BCUT2D eigenvalue weighted by atomic mass is 10.2. The zero-order valence-electron chi connectivity index (χ0n) is 15.3. The molecule has 1 aliphatic rings. The number of aromatic nitrogens is 2. The molecule has 1 aliphatic heterocycles. The molecule has 0 unspecified atom stereocenters. The Bertz CT molecular complexity index is 990. The van der Waals surface area contributed by atoms with E-state index in [0.717, 1.165) is 4.57 Å². The molecule has 148 valence electrons. The molecule has 0 bridgehead atoms. The lowest BCUT2D eigenvalue weighted by Gasteiger charge is -2.34. The van der Waals surface area contributed by atoms with Gasteiger partial charge in [-0.05, 0) is 24.3 Å². The molecule has 0 atom stereocenters. The minimum absolute atomic E-state index is 0.0930. The number of nitrogens with one attached hydrogen (secondary N) is 2. The number of nitrogens with zero attached hydrogens (tertiary/aromatic N) is 3. The Morgan fingerprint density at radius 1 is 1.11 bits per heavy atom. The van der Waals surface area contributed by atoms with E-state index in [4.69, 9.17) is 0 Å². The van der Waals surface area contributed by atoms with Gasteiger partial charge in [0.05, 0.1) is 6.54 Å². The van der Waals surface area contributed by atoms with Crippen molar-refractivity contribution < 1.29 is 14.0 Å². The molecule has 2 amide bonds. The number of halogens is 1. The molecule has 1 fully saturated rings. The number of aryl methyl sites for hydroxylation is 1. The normalized spacial score (nSPS) is 14.7. The minimum Gasteiger partial charge on any atom is -0.336 e. The van der Waals surface area contributed by atoms with Crippen LogP contribution in [0.3, 0.4) is 0 Å². The number of hydrogen-bond acceptors (Lipinski definition) is 5. The standard InChI is InChI=1S/C18H20FN5O4/c1-22-10-14(16(26)21-18(22)28)17(27)24-8-6-23(7-9-24)11-15(25)20-13-4-2-12(19)3-5-13/h2-5,10H,6-9,11H2,1H3,(H,20,25)(H,21,26,28). The number of amides is 2. The highest BCUT2D eigenvalue weighted by Crippen LogP contribution is 2.09. The van der Waals surface area contributed by atoms with E-state index in [1.807, 2.05) is 4.90 Å². The molecule has 9 nitrogen and oxygen atoms in total. The number of aromatic amines is 1. The molecule has 28 heavy (non-hydrogen) atoms. The van der Waals surface area contributed by atoms with Crippen LogP contribution in [0.4, 0.5) is 10.1 Å². The predicted octanol–water partition coefficient (Wildman–Crippen LogP) is -0.391. The van der Waals surface area contributed by atoms with E-state index in [1.165, 1.54) is 42.4 Å². The molecule has 1 saturated heterocycles. The summed E-state index contributed by atoms with van der Waals surface area (Å²) in [5.41, 5.74) is -0.883. The first-order valence-electron chi connectivity index (χ1n) is 8.70. The lowest BCUT2D eigenvalue weighted by molar-refractivity contribution is -0.117. The Kier molecular flexibility index (Phi) is 5.69. The van der Waals surface area contributed by atoms with E-state index in [9.17, 15) is 23.6 Å².